The summed E-state index contributed by atoms with van der Waals surface area (Å²) >= 11 is 0. The smallest absolute Gasteiger partial charge is 0.318 e. The number of hydrogen-bond donors (Lipinski definition) is 1. The van der Waals surface area contributed by atoms with Gasteiger partial charge in [0.2, 0.25) is 0 Å². The minimum absolute atomic E-state index is 0.0831. The summed E-state index contributed by atoms with van der Waals surface area (Å²) in [5.74, 6) is 0. The molecule has 0 radical (unpaired) electrons. The summed E-state index contributed by atoms with van der Waals surface area (Å²) in [4.78, 5) is 23.6. The second kappa shape index (κ2) is 9.85. The molecule has 5 nitrogen and oxygen atoms in total. The maximum Gasteiger partial charge on any atom is 0.318 e. The third kappa shape index (κ3) is 5.25. The molecule has 0 unspecified atom stereocenters. The van der Waals surface area contributed by atoms with Crippen LogP contribution in [0.5, 0.6) is 0 Å². The molecular formula is C26H26N4O. The first-order valence-electron chi connectivity index (χ1n) is 10.5. The fourth-order valence-electron chi connectivity index (χ4n) is 3.69. The number of benzene rings is 2. The maximum atomic E-state index is 13.1. The van der Waals surface area contributed by atoms with Gasteiger partial charge in [-0.2, -0.15) is 0 Å². The first-order valence-corrected chi connectivity index (χ1v) is 10.5. The minimum atomic E-state index is -0.0831. The van der Waals surface area contributed by atoms with Crippen molar-refractivity contribution in [2.24, 2.45) is 0 Å². The Labute approximate surface area is 182 Å². The Morgan fingerprint density at radius 3 is 2.55 bits per heavy atom. The van der Waals surface area contributed by atoms with Crippen molar-refractivity contribution in [3.05, 3.63) is 108 Å². The van der Waals surface area contributed by atoms with E-state index in [-0.39, 0.29) is 6.03 Å². The Bertz CT molecular complexity index is 1150. The van der Waals surface area contributed by atoms with Crippen molar-refractivity contribution < 1.29 is 4.79 Å². The normalized spacial score (nSPS) is 10.7. The van der Waals surface area contributed by atoms with Crippen molar-refractivity contribution in [3.63, 3.8) is 0 Å². The molecule has 4 rings (SSSR count). The monoisotopic (exact) mass is 410 g/mol. The van der Waals surface area contributed by atoms with Crippen molar-refractivity contribution in [2.75, 3.05) is 6.54 Å². The molecule has 4 aromatic rings. The van der Waals surface area contributed by atoms with Crippen LogP contribution in [0, 0.1) is 6.92 Å². The van der Waals surface area contributed by atoms with E-state index in [0.717, 1.165) is 34.0 Å². The van der Waals surface area contributed by atoms with E-state index in [0.29, 0.717) is 19.6 Å². The number of carbonyl (C=O) groups is 1. The van der Waals surface area contributed by atoms with Gasteiger partial charge in [-0.1, -0.05) is 54.6 Å². The molecular weight excluding hydrogens is 384 g/mol. The van der Waals surface area contributed by atoms with Gasteiger partial charge in [0, 0.05) is 43.6 Å². The molecule has 1 N–H and O–H groups in total. The zero-order chi connectivity index (χ0) is 21.5. The van der Waals surface area contributed by atoms with Crippen molar-refractivity contribution in [2.45, 2.75) is 26.4 Å². The van der Waals surface area contributed by atoms with Crippen molar-refractivity contribution in [3.8, 4) is 0 Å². The number of nitrogens with one attached hydrogen (secondary N) is 1. The van der Waals surface area contributed by atoms with Crippen LogP contribution in [0.25, 0.3) is 10.9 Å². The van der Waals surface area contributed by atoms with Gasteiger partial charge >= 0.3 is 6.03 Å². The topological polar surface area (TPSA) is 58.1 Å². The molecule has 0 saturated carbocycles. The van der Waals surface area contributed by atoms with Gasteiger partial charge in [0.05, 0.1) is 5.52 Å². The highest BCUT2D eigenvalue weighted by atomic mass is 16.2. The number of pyridine rings is 2. The molecule has 0 fully saturated rings. The highest BCUT2D eigenvalue weighted by Gasteiger charge is 2.15. The number of para-hydroxylation sites is 1. The lowest BCUT2D eigenvalue weighted by atomic mass is 10.1. The fourth-order valence-corrected chi connectivity index (χ4v) is 3.69. The number of aryl methyl sites for hydroxylation is 1. The van der Waals surface area contributed by atoms with E-state index in [1.807, 2.05) is 47.5 Å². The van der Waals surface area contributed by atoms with Crippen molar-refractivity contribution in [1.29, 1.82) is 0 Å². The van der Waals surface area contributed by atoms with Crippen molar-refractivity contribution in [1.82, 2.24) is 20.2 Å². The zero-order valence-corrected chi connectivity index (χ0v) is 17.7. The Balaban J connectivity index is 1.45. The standard InChI is InChI=1S/C26H26N4O/c1-20-7-2-3-9-24(20)19-30(18-21-8-5-14-27-17-21)26(31)29-16-13-23-11-4-10-22-12-6-15-28-25(22)23/h2-12,14-15,17H,13,16,18-19H2,1H3,(H,29,31). The zero-order valence-electron chi connectivity index (χ0n) is 17.7. The van der Waals surface area contributed by atoms with Crippen LogP contribution in [0.2, 0.25) is 0 Å². The number of carbonyl (C=O) groups excluding carboxylic acids is 1. The quantitative estimate of drug-likeness (QED) is 0.472. The van der Waals surface area contributed by atoms with E-state index in [1.54, 1.807) is 12.4 Å². The van der Waals surface area contributed by atoms with Gasteiger partial charge in [-0.15, -0.1) is 0 Å². The van der Waals surface area contributed by atoms with Gasteiger partial charge in [-0.3, -0.25) is 9.97 Å². The maximum absolute atomic E-state index is 13.1. The number of rotatable bonds is 7. The number of amides is 2. The average molecular weight is 411 g/mol. The van der Waals surface area contributed by atoms with Crippen LogP contribution < -0.4 is 5.32 Å². The number of hydrogen-bond acceptors (Lipinski definition) is 3. The predicted molar refractivity (Wildman–Crippen MR) is 124 cm³/mol. The summed E-state index contributed by atoms with van der Waals surface area (Å²) < 4.78 is 0. The van der Waals surface area contributed by atoms with Gasteiger partial charge in [-0.25, -0.2) is 4.79 Å². The van der Waals surface area contributed by atoms with Gasteiger partial charge in [0.25, 0.3) is 0 Å². The number of urea groups is 1. The molecule has 2 aromatic carbocycles. The molecule has 2 amide bonds. The molecule has 0 aliphatic rings. The Kier molecular flexibility index (Phi) is 6.53. The molecule has 31 heavy (non-hydrogen) atoms. The van der Waals surface area contributed by atoms with E-state index >= 15 is 0 Å². The summed E-state index contributed by atoms with van der Waals surface area (Å²) in [7, 11) is 0. The number of nitrogens with zero attached hydrogens (tertiary/aromatic N) is 3. The number of aromatic nitrogens is 2. The molecule has 2 heterocycles. The summed E-state index contributed by atoms with van der Waals surface area (Å²) in [5.41, 5.74) is 5.44. The average Bonchev–Trinajstić information content (AvgIpc) is 2.81. The van der Waals surface area contributed by atoms with Gasteiger partial charge in [0.15, 0.2) is 0 Å². The van der Waals surface area contributed by atoms with Crippen molar-refractivity contribution >= 4 is 16.9 Å². The SMILES string of the molecule is Cc1ccccc1CN(Cc1cccnc1)C(=O)NCCc1cccc2cccnc12. The molecule has 156 valence electrons. The van der Waals surface area contributed by atoms with Gasteiger partial charge in [0.1, 0.15) is 0 Å². The molecule has 0 aliphatic carbocycles. The molecule has 0 spiro atoms. The molecule has 0 bridgehead atoms. The van der Waals surface area contributed by atoms with E-state index in [4.69, 9.17) is 0 Å². The lowest BCUT2D eigenvalue weighted by Gasteiger charge is -2.24. The van der Waals surface area contributed by atoms with Crippen LogP contribution in [-0.4, -0.2) is 27.4 Å². The second-order valence-corrected chi connectivity index (χ2v) is 7.62. The molecule has 0 aliphatic heterocycles. The van der Waals surface area contributed by atoms with Crippen LogP contribution in [0.3, 0.4) is 0 Å². The van der Waals surface area contributed by atoms with Crippen LogP contribution in [0.1, 0.15) is 22.3 Å². The van der Waals surface area contributed by atoms with Crippen LogP contribution >= 0.6 is 0 Å². The highest BCUT2D eigenvalue weighted by molar-refractivity contribution is 5.81. The van der Waals surface area contributed by atoms with Gasteiger partial charge in [-0.05, 0) is 47.7 Å². The predicted octanol–water partition coefficient (Wildman–Crippen LogP) is 4.89. The Morgan fingerprint density at radius 1 is 0.903 bits per heavy atom. The minimum Gasteiger partial charge on any atom is -0.338 e. The lowest BCUT2D eigenvalue weighted by Crippen LogP contribution is -2.40. The summed E-state index contributed by atoms with van der Waals surface area (Å²) in [6.07, 6.45) is 6.08. The summed E-state index contributed by atoms with van der Waals surface area (Å²) in [6, 6.07) is 22.1. The van der Waals surface area contributed by atoms with E-state index in [9.17, 15) is 4.79 Å². The lowest BCUT2D eigenvalue weighted by molar-refractivity contribution is 0.192. The third-order valence-corrected chi connectivity index (χ3v) is 5.39. The molecule has 0 atom stereocenters. The molecule has 0 saturated heterocycles. The first-order chi connectivity index (χ1) is 15.2. The van der Waals surface area contributed by atoms with E-state index in [2.05, 4.69) is 52.5 Å². The molecule has 5 heteroatoms. The van der Waals surface area contributed by atoms with E-state index in [1.165, 1.54) is 5.56 Å². The van der Waals surface area contributed by atoms with Crippen LogP contribution in [0.4, 0.5) is 4.79 Å². The summed E-state index contributed by atoms with van der Waals surface area (Å²) in [6.45, 7) is 3.67. The van der Waals surface area contributed by atoms with Crippen LogP contribution in [-0.2, 0) is 19.5 Å². The second-order valence-electron chi connectivity index (χ2n) is 7.62. The Hall–Kier alpha value is -3.73. The number of fused-ring (bicyclic) bond motifs is 1. The van der Waals surface area contributed by atoms with E-state index < -0.39 is 0 Å². The fraction of sp³-hybridized carbons (Fsp3) is 0.192. The molecule has 2 aromatic heterocycles. The first kappa shape index (κ1) is 20.5. The Morgan fingerprint density at radius 2 is 1.71 bits per heavy atom. The summed E-state index contributed by atoms with van der Waals surface area (Å²) in [5, 5.41) is 4.21. The largest absolute Gasteiger partial charge is 0.338 e. The van der Waals surface area contributed by atoms with Crippen LogP contribution in [0.15, 0.2) is 85.3 Å². The third-order valence-electron chi connectivity index (χ3n) is 5.39. The van der Waals surface area contributed by atoms with Gasteiger partial charge < -0.3 is 10.2 Å². The highest BCUT2D eigenvalue weighted by Crippen LogP contribution is 2.17.